The summed E-state index contributed by atoms with van der Waals surface area (Å²) >= 11 is 0. The third kappa shape index (κ3) is 7.48. The number of nitrogens with zero attached hydrogens (tertiary/aromatic N) is 2. The summed E-state index contributed by atoms with van der Waals surface area (Å²) in [6.45, 7) is 9.37. The van der Waals surface area contributed by atoms with Gasteiger partial charge in [-0.15, -0.1) is 0 Å². The normalized spacial score (nSPS) is 16.1. The monoisotopic (exact) mass is 467 g/mol. The Morgan fingerprint density at radius 1 is 1.03 bits per heavy atom. The zero-order valence-corrected chi connectivity index (χ0v) is 20.4. The van der Waals surface area contributed by atoms with Crippen LogP contribution in [0, 0.1) is 5.92 Å². The first-order chi connectivity index (χ1) is 16.5. The molecule has 1 unspecified atom stereocenters. The Morgan fingerprint density at radius 3 is 2.41 bits per heavy atom. The molecule has 2 N–H and O–H groups in total. The Hall–Kier alpha value is -3.06. The molecule has 7 heteroatoms. The molecule has 0 aliphatic carbocycles. The van der Waals surface area contributed by atoms with E-state index in [0.717, 1.165) is 57.7 Å². The van der Waals surface area contributed by atoms with Crippen molar-refractivity contribution in [2.24, 2.45) is 11.7 Å². The molecule has 1 aliphatic rings. The number of hydrogen-bond acceptors (Lipinski definition) is 5. The number of amides is 2. The van der Waals surface area contributed by atoms with E-state index in [1.54, 1.807) is 24.3 Å². The molecule has 1 heterocycles. The van der Waals surface area contributed by atoms with Gasteiger partial charge in [-0.05, 0) is 75.2 Å². The number of piperidine rings is 1. The number of carbonyl (C=O) groups is 2. The number of nitrogens with two attached hydrogens (primary N) is 1. The van der Waals surface area contributed by atoms with Gasteiger partial charge in [0.2, 0.25) is 11.8 Å². The van der Waals surface area contributed by atoms with Crippen molar-refractivity contribution in [2.75, 3.05) is 39.4 Å². The van der Waals surface area contributed by atoms with Crippen LogP contribution in [0.5, 0.6) is 11.5 Å². The highest BCUT2D eigenvalue weighted by Gasteiger charge is 2.28. The molecule has 1 atom stereocenters. The number of benzene rings is 2. The van der Waals surface area contributed by atoms with E-state index in [4.69, 9.17) is 15.2 Å². The Bertz CT molecular complexity index is 928. The van der Waals surface area contributed by atoms with E-state index in [9.17, 15) is 9.59 Å². The summed E-state index contributed by atoms with van der Waals surface area (Å²) in [5.41, 5.74) is 6.90. The summed E-state index contributed by atoms with van der Waals surface area (Å²) in [6.07, 6.45) is 2.77. The van der Waals surface area contributed by atoms with Gasteiger partial charge in [-0.2, -0.15) is 0 Å². The van der Waals surface area contributed by atoms with E-state index in [0.29, 0.717) is 24.5 Å². The molecule has 2 aromatic carbocycles. The van der Waals surface area contributed by atoms with E-state index in [-0.39, 0.29) is 11.8 Å². The van der Waals surface area contributed by atoms with Crippen LogP contribution in [-0.4, -0.2) is 61.0 Å². The molecular formula is C27H37N3O4. The Morgan fingerprint density at radius 2 is 1.74 bits per heavy atom. The van der Waals surface area contributed by atoms with Gasteiger partial charge in [-0.25, -0.2) is 0 Å². The number of carbonyl (C=O) groups excluding carboxylic acids is 2. The maximum Gasteiger partial charge on any atom is 0.248 e. The highest BCUT2D eigenvalue weighted by Crippen LogP contribution is 2.22. The molecule has 2 amide bonds. The molecule has 1 fully saturated rings. The lowest BCUT2D eigenvalue weighted by Crippen LogP contribution is -2.44. The molecule has 0 aromatic heterocycles. The average molecular weight is 468 g/mol. The van der Waals surface area contributed by atoms with Crippen LogP contribution in [0.1, 0.15) is 49.0 Å². The van der Waals surface area contributed by atoms with Crippen molar-refractivity contribution in [3.8, 4) is 11.5 Å². The molecular weight excluding hydrogens is 430 g/mol. The fraction of sp³-hybridized carbons (Fsp3) is 0.481. The minimum absolute atomic E-state index is 0.0973. The van der Waals surface area contributed by atoms with Crippen molar-refractivity contribution < 1.29 is 19.1 Å². The minimum atomic E-state index is -0.449. The predicted octanol–water partition coefficient (Wildman–Crippen LogP) is 3.71. The summed E-state index contributed by atoms with van der Waals surface area (Å²) in [4.78, 5) is 28.2. The van der Waals surface area contributed by atoms with Gasteiger partial charge in [0.15, 0.2) is 0 Å². The van der Waals surface area contributed by atoms with Crippen LogP contribution in [0.15, 0.2) is 48.5 Å². The zero-order valence-electron chi connectivity index (χ0n) is 20.4. The molecule has 34 heavy (non-hydrogen) atoms. The van der Waals surface area contributed by atoms with Gasteiger partial charge in [-0.1, -0.05) is 12.1 Å². The second kappa shape index (κ2) is 13.0. The smallest absolute Gasteiger partial charge is 0.248 e. The van der Waals surface area contributed by atoms with Gasteiger partial charge in [-0.3, -0.25) is 14.5 Å². The second-order valence-corrected chi connectivity index (χ2v) is 8.67. The van der Waals surface area contributed by atoms with Gasteiger partial charge in [0.25, 0.3) is 0 Å². The summed E-state index contributed by atoms with van der Waals surface area (Å²) in [5.74, 6) is 1.48. The van der Waals surface area contributed by atoms with E-state index in [1.165, 1.54) is 5.56 Å². The zero-order chi connectivity index (χ0) is 24.3. The van der Waals surface area contributed by atoms with Crippen LogP contribution >= 0.6 is 0 Å². The van der Waals surface area contributed by atoms with Crippen LogP contribution in [0.2, 0.25) is 0 Å². The number of ether oxygens (including phenoxy) is 2. The molecule has 0 spiro atoms. The van der Waals surface area contributed by atoms with Crippen LogP contribution in [-0.2, 0) is 11.3 Å². The lowest BCUT2D eigenvalue weighted by atomic mass is 9.96. The minimum Gasteiger partial charge on any atom is -0.493 e. The SMILES string of the molecule is CCN(CC)C(=O)C1CCCN(Cc2cccc(OCCCOc3ccc(C(N)=O)cc3)c2)C1. The number of hydrogen-bond donors (Lipinski definition) is 1. The standard InChI is InChI=1S/C27H37N3O4/c1-3-30(4-2)27(32)23-9-6-15-29(20-23)19-21-8-5-10-25(18-21)34-17-7-16-33-24-13-11-22(12-14-24)26(28)31/h5,8,10-14,18,23H,3-4,6-7,9,15-17,19-20H2,1-2H3,(H2,28,31). The average Bonchev–Trinajstić information content (AvgIpc) is 2.85. The highest BCUT2D eigenvalue weighted by atomic mass is 16.5. The van der Waals surface area contributed by atoms with E-state index >= 15 is 0 Å². The molecule has 1 saturated heterocycles. The lowest BCUT2D eigenvalue weighted by Gasteiger charge is -2.34. The maximum atomic E-state index is 12.8. The third-order valence-electron chi connectivity index (χ3n) is 6.20. The van der Waals surface area contributed by atoms with E-state index < -0.39 is 5.91 Å². The largest absolute Gasteiger partial charge is 0.493 e. The Balaban J connectivity index is 1.42. The van der Waals surface area contributed by atoms with Crippen LogP contribution in [0.4, 0.5) is 0 Å². The molecule has 0 radical (unpaired) electrons. The quantitative estimate of drug-likeness (QED) is 0.481. The Labute approximate surface area is 202 Å². The van der Waals surface area contributed by atoms with Crippen molar-refractivity contribution in [3.05, 3.63) is 59.7 Å². The van der Waals surface area contributed by atoms with E-state index in [2.05, 4.69) is 17.0 Å². The summed E-state index contributed by atoms with van der Waals surface area (Å²) in [6, 6.07) is 15.0. The van der Waals surface area contributed by atoms with Gasteiger partial charge in [0, 0.05) is 38.2 Å². The Kier molecular flexibility index (Phi) is 9.76. The number of rotatable bonds is 12. The van der Waals surface area contributed by atoms with E-state index in [1.807, 2.05) is 30.9 Å². The van der Waals surface area contributed by atoms with Crippen molar-refractivity contribution in [3.63, 3.8) is 0 Å². The lowest BCUT2D eigenvalue weighted by molar-refractivity contribution is -0.137. The van der Waals surface area contributed by atoms with Gasteiger partial charge >= 0.3 is 0 Å². The first-order valence-electron chi connectivity index (χ1n) is 12.3. The summed E-state index contributed by atoms with van der Waals surface area (Å²) in [7, 11) is 0. The van der Waals surface area contributed by atoms with Gasteiger partial charge in [0.05, 0.1) is 19.1 Å². The third-order valence-corrected chi connectivity index (χ3v) is 6.20. The fourth-order valence-corrected chi connectivity index (χ4v) is 4.34. The van der Waals surface area contributed by atoms with Gasteiger partial charge in [0.1, 0.15) is 11.5 Å². The van der Waals surface area contributed by atoms with Crippen LogP contribution in [0.25, 0.3) is 0 Å². The topological polar surface area (TPSA) is 85.1 Å². The molecule has 184 valence electrons. The molecule has 2 aromatic rings. The number of primary amides is 1. The number of likely N-dealkylation sites (tertiary alicyclic amines) is 1. The maximum absolute atomic E-state index is 12.8. The molecule has 0 bridgehead atoms. The van der Waals surface area contributed by atoms with Crippen molar-refractivity contribution >= 4 is 11.8 Å². The molecule has 7 nitrogen and oxygen atoms in total. The first kappa shape index (κ1) is 25.6. The second-order valence-electron chi connectivity index (χ2n) is 8.67. The molecule has 1 aliphatic heterocycles. The fourth-order valence-electron chi connectivity index (χ4n) is 4.34. The first-order valence-corrected chi connectivity index (χ1v) is 12.3. The summed E-state index contributed by atoms with van der Waals surface area (Å²) in [5, 5.41) is 0. The van der Waals surface area contributed by atoms with Crippen LogP contribution < -0.4 is 15.2 Å². The molecule has 3 rings (SSSR count). The van der Waals surface area contributed by atoms with Crippen LogP contribution in [0.3, 0.4) is 0 Å². The van der Waals surface area contributed by atoms with Gasteiger partial charge < -0.3 is 20.1 Å². The molecule has 0 saturated carbocycles. The highest BCUT2D eigenvalue weighted by molar-refractivity contribution is 5.92. The van der Waals surface area contributed by atoms with Crippen molar-refractivity contribution in [2.45, 2.75) is 39.7 Å². The van der Waals surface area contributed by atoms with Crippen molar-refractivity contribution in [1.82, 2.24) is 9.80 Å². The predicted molar refractivity (Wildman–Crippen MR) is 133 cm³/mol. The summed E-state index contributed by atoms with van der Waals surface area (Å²) < 4.78 is 11.6. The van der Waals surface area contributed by atoms with Crippen molar-refractivity contribution in [1.29, 1.82) is 0 Å².